The third-order valence-electron chi connectivity index (χ3n) is 8.50. The van der Waals surface area contributed by atoms with E-state index >= 15 is 0 Å². The summed E-state index contributed by atoms with van der Waals surface area (Å²) < 4.78 is 27.6. The number of benzene rings is 1. The predicted octanol–water partition coefficient (Wildman–Crippen LogP) is 4.25. The molecule has 45 heavy (non-hydrogen) atoms. The first kappa shape index (κ1) is 32.2. The van der Waals surface area contributed by atoms with E-state index in [1.54, 1.807) is 39.8 Å². The van der Waals surface area contributed by atoms with Crippen LogP contribution in [0.15, 0.2) is 16.2 Å². The summed E-state index contributed by atoms with van der Waals surface area (Å²) in [6.45, 7) is 7.14. The topological polar surface area (TPSA) is 175 Å². The highest BCUT2D eigenvalue weighted by Crippen LogP contribution is 2.57. The van der Waals surface area contributed by atoms with Gasteiger partial charge in [-0.2, -0.15) is 0 Å². The van der Waals surface area contributed by atoms with Gasteiger partial charge >= 0.3 is 6.16 Å². The quantitative estimate of drug-likeness (QED) is 0.140. The molecule has 2 N–H and O–H groups in total. The number of ether oxygens (including phenoxy) is 4. The van der Waals surface area contributed by atoms with E-state index in [1.165, 1.54) is 13.2 Å². The van der Waals surface area contributed by atoms with Crippen molar-refractivity contribution in [2.75, 3.05) is 27.8 Å². The number of carbonyl (C=O) groups is 4. The van der Waals surface area contributed by atoms with E-state index in [9.17, 15) is 29.4 Å². The van der Waals surface area contributed by atoms with Crippen LogP contribution in [0.5, 0.6) is 17.4 Å². The van der Waals surface area contributed by atoms with Crippen molar-refractivity contribution in [1.29, 1.82) is 0 Å². The lowest BCUT2D eigenvalue weighted by Crippen LogP contribution is -2.63. The minimum absolute atomic E-state index is 0.0469. The van der Waals surface area contributed by atoms with Crippen molar-refractivity contribution in [3.05, 3.63) is 39.7 Å². The zero-order chi connectivity index (χ0) is 33.0. The summed E-state index contributed by atoms with van der Waals surface area (Å²) in [4.78, 5) is 55.0. The van der Waals surface area contributed by atoms with Gasteiger partial charge in [-0.15, -0.1) is 0 Å². The lowest BCUT2D eigenvalue weighted by Gasteiger charge is -2.49. The molecule has 1 aromatic carbocycles. The second-order valence-electron chi connectivity index (χ2n) is 12.8. The number of hydrogen-bond donors (Lipinski definition) is 2. The Labute approximate surface area is 260 Å². The van der Waals surface area contributed by atoms with E-state index in [0.29, 0.717) is 18.3 Å². The fourth-order valence-corrected chi connectivity index (χ4v) is 6.67. The predicted molar refractivity (Wildman–Crippen MR) is 158 cm³/mol. The molecule has 0 aliphatic heterocycles. The van der Waals surface area contributed by atoms with Gasteiger partial charge in [-0.05, 0) is 71.3 Å². The molecule has 242 valence electrons. The van der Waals surface area contributed by atoms with Gasteiger partial charge in [0.05, 0.1) is 30.9 Å². The zero-order valence-corrected chi connectivity index (χ0v) is 26.4. The number of hydrogen-bond acceptors (Lipinski definition) is 13. The van der Waals surface area contributed by atoms with Gasteiger partial charge < -0.3 is 33.7 Å². The van der Waals surface area contributed by atoms with Crippen LogP contribution in [0.3, 0.4) is 0 Å². The molecule has 1 aromatic heterocycles. The number of Topliss-reactive ketones (excluding diaryl/α,β-unsaturated/α-hetero) is 2. The van der Waals surface area contributed by atoms with Crippen molar-refractivity contribution >= 4 is 29.8 Å². The summed E-state index contributed by atoms with van der Waals surface area (Å²) in [6, 6.07) is 0.454. The number of methoxy groups -OCH3 is 1. The van der Waals surface area contributed by atoms with Gasteiger partial charge in [0.2, 0.25) is 11.6 Å². The molecule has 0 amide bonds. The van der Waals surface area contributed by atoms with Crippen LogP contribution >= 0.6 is 0 Å². The summed E-state index contributed by atoms with van der Waals surface area (Å²) in [7, 11) is 4.81. The molecule has 0 radical (unpaired) electrons. The number of ketones is 2. The number of fused-ring (bicyclic) bond motifs is 4. The van der Waals surface area contributed by atoms with Gasteiger partial charge in [-0.1, -0.05) is 13.3 Å². The molecule has 0 unspecified atom stereocenters. The van der Waals surface area contributed by atoms with Crippen LogP contribution in [-0.2, 0) is 16.0 Å². The first-order valence-corrected chi connectivity index (χ1v) is 14.8. The van der Waals surface area contributed by atoms with Gasteiger partial charge in [-0.3, -0.25) is 19.3 Å². The van der Waals surface area contributed by atoms with Crippen LogP contribution in [0.4, 0.5) is 4.79 Å². The molecule has 1 heterocycles. The van der Waals surface area contributed by atoms with Crippen LogP contribution in [0.1, 0.15) is 90.6 Å². The number of aliphatic hydroxyl groups is 2. The number of aliphatic hydroxyl groups excluding tert-OH is 1. The Bertz CT molecular complexity index is 1600. The first-order chi connectivity index (χ1) is 21.2. The average Bonchev–Trinajstić information content (AvgIpc) is 3.36. The van der Waals surface area contributed by atoms with Gasteiger partial charge in [0, 0.05) is 17.1 Å². The average molecular weight is 627 g/mol. The number of carbonyl (C=O) groups excluding carboxylic acids is 4. The lowest BCUT2D eigenvalue weighted by molar-refractivity contribution is -0.142. The Morgan fingerprint density at radius 2 is 1.93 bits per heavy atom. The Balaban J connectivity index is 1.67. The third kappa shape index (κ3) is 5.17. The highest BCUT2D eigenvalue weighted by Gasteiger charge is 2.65. The highest BCUT2D eigenvalue weighted by molar-refractivity contribution is 6.26. The normalized spacial score (nSPS) is 24.0. The van der Waals surface area contributed by atoms with E-state index in [1.807, 2.05) is 6.92 Å². The third-order valence-corrected chi connectivity index (χ3v) is 8.50. The van der Waals surface area contributed by atoms with Crippen molar-refractivity contribution in [2.45, 2.75) is 70.6 Å². The van der Waals surface area contributed by atoms with Crippen LogP contribution in [0, 0.1) is 11.8 Å². The highest BCUT2D eigenvalue weighted by atomic mass is 16.7. The molecule has 13 nitrogen and oxygen atoms in total. The molecule has 1 fully saturated rings. The standard InChI is InChI=1S/C32H38N2O11/c1-8-9-10-42-29-22-26(45-33-29)23(34(5)6)18-12-15-11-17-21(24(36)20(15)27(37)32(18,40)28(22)38)19(13-16(14-35)25(17)41-7)43-30(39)44-31(2,3)4/h13-15,18,23,36,40H,8-12H2,1-7H3/t15-,18-,23-,32-/m0/s1. The molecule has 13 heteroatoms. The minimum Gasteiger partial charge on any atom is -0.507 e. The Morgan fingerprint density at radius 3 is 2.53 bits per heavy atom. The molecule has 1 saturated carbocycles. The first-order valence-electron chi connectivity index (χ1n) is 14.8. The largest absolute Gasteiger partial charge is 0.514 e. The summed E-state index contributed by atoms with van der Waals surface area (Å²) >= 11 is 0. The molecule has 0 spiro atoms. The molecule has 0 saturated heterocycles. The summed E-state index contributed by atoms with van der Waals surface area (Å²) in [6.07, 6.45) is 1.06. The van der Waals surface area contributed by atoms with E-state index in [2.05, 4.69) is 5.16 Å². The van der Waals surface area contributed by atoms with Crippen molar-refractivity contribution in [2.24, 2.45) is 11.8 Å². The lowest BCUT2D eigenvalue weighted by atomic mass is 9.57. The maximum absolute atomic E-state index is 14.4. The Hall–Kier alpha value is -4.23. The zero-order valence-electron chi connectivity index (χ0n) is 26.4. The number of nitrogens with zero attached hydrogens (tertiary/aromatic N) is 2. The second kappa shape index (κ2) is 11.6. The minimum atomic E-state index is -2.59. The smallest absolute Gasteiger partial charge is 0.507 e. The fourth-order valence-electron chi connectivity index (χ4n) is 6.67. The van der Waals surface area contributed by atoms with Gasteiger partial charge in [0.25, 0.3) is 5.88 Å². The van der Waals surface area contributed by atoms with E-state index in [-0.39, 0.29) is 64.9 Å². The molecule has 5 rings (SSSR count). The van der Waals surface area contributed by atoms with Crippen LogP contribution in [-0.4, -0.2) is 83.3 Å². The molecule has 0 bridgehead atoms. The monoisotopic (exact) mass is 626 g/mol. The number of unbranched alkanes of at least 4 members (excludes halogenated alkanes) is 1. The van der Waals surface area contributed by atoms with E-state index in [0.717, 1.165) is 6.42 Å². The van der Waals surface area contributed by atoms with Crippen molar-refractivity contribution < 1.29 is 52.9 Å². The maximum Gasteiger partial charge on any atom is 0.514 e. The molecular weight excluding hydrogens is 588 g/mol. The summed E-state index contributed by atoms with van der Waals surface area (Å²) in [5, 5.41) is 27.9. The van der Waals surface area contributed by atoms with Crippen LogP contribution in [0.2, 0.25) is 0 Å². The summed E-state index contributed by atoms with van der Waals surface area (Å²) in [5.74, 6) is -4.26. The molecule has 4 atom stereocenters. The van der Waals surface area contributed by atoms with Gasteiger partial charge in [0.15, 0.2) is 17.6 Å². The van der Waals surface area contributed by atoms with E-state index < -0.39 is 52.6 Å². The Morgan fingerprint density at radius 1 is 1.22 bits per heavy atom. The van der Waals surface area contributed by atoms with Gasteiger partial charge in [-0.25, -0.2) is 4.79 Å². The van der Waals surface area contributed by atoms with Crippen LogP contribution < -0.4 is 14.2 Å². The molecule has 3 aliphatic carbocycles. The number of rotatable bonds is 8. The van der Waals surface area contributed by atoms with Crippen LogP contribution in [0.25, 0.3) is 5.76 Å². The second-order valence-corrected chi connectivity index (χ2v) is 12.8. The van der Waals surface area contributed by atoms with Crippen molar-refractivity contribution in [3.8, 4) is 17.4 Å². The fraction of sp³-hybridized carbons (Fsp3) is 0.531. The van der Waals surface area contributed by atoms with E-state index in [4.69, 9.17) is 23.5 Å². The van der Waals surface area contributed by atoms with Crippen molar-refractivity contribution in [3.63, 3.8) is 0 Å². The molecular formula is C32H38N2O11. The number of aldehydes is 1. The maximum atomic E-state index is 14.4. The SMILES string of the molecule is CCCCOc1noc2c1C(=O)[C@@]1(O)C(=O)C3=C(O)c4c(OC(=O)OC(C)(C)C)cc(C=O)c(OC)c4C[C@H]3C[C@H]1[C@@H]2N(C)C. The molecule has 2 aromatic rings. The van der Waals surface area contributed by atoms with Gasteiger partial charge in [0.1, 0.15) is 28.4 Å². The number of aromatic nitrogens is 1. The summed E-state index contributed by atoms with van der Waals surface area (Å²) in [5.41, 5.74) is -3.52. The van der Waals surface area contributed by atoms with Crippen molar-refractivity contribution in [1.82, 2.24) is 10.1 Å². The Kier molecular flexibility index (Phi) is 8.30. The molecule has 3 aliphatic rings.